The molecule has 1 heterocycles. The molecular formula is C14H19BrFN3O. The van der Waals surface area contributed by atoms with Crippen LogP contribution in [-0.4, -0.2) is 50.1 Å². The van der Waals surface area contributed by atoms with E-state index in [1.165, 1.54) is 12.1 Å². The Morgan fingerprint density at radius 2 is 2.15 bits per heavy atom. The van der Waals surface area contributed by atoms with Crippen molar-refractivity contribution in [3.8, 4) is 0 Å². The molecule has 6 heteroatoms. The second kappa shape index (κ2) is 7.71. The fourth-order valence-electron chi connectivity index (χ4n) is 2.21. The fraction of sp³-hybridized carbons (Fsp3) is 0.500. The van der Waals surface area contributed by atoms with E-state index in [2.05, 4.69) is 31.5 Å². The number of nitrogens with one attached hydrogen (secondary N) is 2. The number of benzene rings is 1. The van der Waals surface area contributed by atoms with Crippen LogP contribution in [0, 0.1) is 5.82 Å². The van der Waals surface area contributed by atoms with Crippen molar-refractivity contribution in [1.82, 2.24) is 15.5 Å². The average Bonchev–Trinajstić information content (AvgIpc) is 2.47. The van der Waals surface area contributed by atoms with Gasteiger partial charge in [-0.05, 0) is 31.2 Å². The Morgan fingerprint density at radius 3 is 2.90 bits per heavy atom. The summed E-state index contributed by atoms with van der Waals surface area (Å²) in [5, 5.41) is 6.06. The van der Waals surface area contributed by atoms with Crippen molar-refractivity contribution < 1.29 is 9.18 Å². The Labute approximate surface area is 126 Å². The van der Waals surface area contributed by atoms with Crippen LogP contribution in [-0.2, 0) is 0 Å². The molecule has 0 radical (unpaired) electrons. The smallest absolute Gasteiger partial charge is 0.254 e. The quantitative estimate of drug-likeness (QED) is 0.798. The molecule has 20 heavy (non-hydrogen) atoms. The van der Waals surface area contributed by atoms with Gasteiger partial charge in [-0.1, -0.05) is 15.9 Å². The highest BCUT2D eigenvalue weighted by Gasteiger charge is 2.12. The zero-order valence-electron chi connectivity index (χ0n) is 11.3. The Bertz CT molecular complexity index is 464. The molecule has 1 aromatic rings. The Hall–Kier alpha value is -0.980. The van der Waals surface area contributed by atoms with Gasteiger partial charge in [-0.2, -0.15) is 0 Å². The third kappa shape index (κ3) is 4.54. The number of hydrogen-bond acceptors (Lipinski definition) is 3. The number of piperazine rings is 1. The minimum Gasteiger partial charge on any atom is -0.352 e. The summed E-state index contributed by atoms with van der Waals surface area (Å²) >= 11 is 3.24. The second-order valence-electron chi connectivity index (χ2n) is 4.83. The fourth-order valence-corrected chi connectivity index (χ4v) is 2.57. The lowest BCUT2D eigenvalue weighted by Gasteiger charge is -2.27. The first kappa shape index (κ1) is 15.4. The maximum Gasteiger partial charge on any atom is 0.254 e. The van der Waals surface area contributed by atoms with Gasteiger partial charge in [0.15, 0.2) is 0 Å². The molecule has 0 saturated carbocycles. The molecule has 2 N–H and O–H groups in total. The van der Waals surface area contributed by atoms with Crippen LogP contribution < -0.4 is 10.6 Å². The number of rotatable bonds is 5. The van der Waals surface area contributed by atoms with Crippen molar-refractivity contribution in [2.45, 2.75) is 6.42 Å². The van der Waals surface area contributed by atoms with E-state index >= 15 is 0 Å². The maximum atomic E-state index is 13.5. The third-order valence-corrected chi connectivity index (χ3v) is 3.81. The lowest BCUT2D eigenvalue weighted by molar-refractivity contribution is 0.0947. The molecule has 0 atom stereocenters. The van der Waals surface area contributed by atoms with E-state index in [9.17, 15) is 9.18 Å². The number of hydrogen-bond donors (Lipinski definition) is 2. The van der Waals surface area contributed by atoms with Crippen molar-refractivity contribution in [1.29, 1.82) is 0 Å². The summed E-state index contributed by atoms with van der Waals surface area (Å²) in [5.41, 5.74) is 0.0848. The molecule has 1 aliphatic rings. The van der Waals surface area contributed by atoms with E-state index < -0.39 is 5.82 Å². The SMILES string of the molecule is O=C(NCCCN1CCNCC1)c1cc(Br)ccc1F. The highest BCUT2D eigenvalue weighted by atomic mass is 79.9. The van der Waals surface area contributed by atoms with E-state index in [1.807, 2.05) is 0 Å². The molecule has 0 spiro atoms. The van der Waals surface area contributed by atoms with Crippen molar-refractivity contribution in [3.05, 3.63) is 34.1 Å². The zero-order valence-corrected chi connectivity index (χ0v) is 12.9. The maximum absolute atomic E-state index is 13.5. The van der Waals surface area contributed by atoms with Crippen LogP contribution in [0.2, 0.25) is 0 Å². The van der Waals surface area contributed by atoms with E-state index in [1.54, 1.807) is 6.07 Å². The van der Waals surface area contributed by atoms with E-state index in [0.717, 1.165) is 39.1 Å². The van der Waals surface area contributed by atoms with Gasteiger partial charge < -0.3 is 15.5 Å². The highest BCUT2D eigenvalue weighted by Crippen LogP contribution is 2.15. The first-order valence-corrected chi connectivity index (χ1v) is 7.62. The average molecular weight is 344 g/mol. The molecule has 2 rings (SSSR count). The Morgan fingerprint density at radius 1 is 1.40 bits per heavy atom. The van der Waals surface area contributed by atoms with Crippen LogP contribution in [0.3, 0.4) is 0 Å². The molecule has 110 valence electrons. The zero-order chi connectivity index (χ0) is 14.4. The van der Waals surface area contributed by atoms with Crippen molar-refractivity contribution in [3.63, 3.8) is 0 Å². The number of halogens is 2. The summed E-state index contributed by atoms with van der Waals surface area (Å²) in [5.74, 6) is -0.850. The van der Waals surface area contributed by atoms with E-state index in [4.69, 9.17) is 0 Å². The Balaban J connectivity index is 1.73. The van der Waals surface area contributed by atoms with Gasteiger partial charge in [0.25, 0.3) is 5.91 Å². The first-order valence-electron chi connectivity index (χ1n) is 6.83. The predicted molar refractivity (Wildman–Crippen MR) is 80.4 cm³/mol. The van der Waals surface area contributed by atoms with Gasteiger partial charge in [0.1, 0.15) is 5.82 Å². The van der Waals surface area contributed by atoms with Gasteiger partial charge in [-0.25, -0.2) is 4.39 Å². The van der Waals surface area contributed by atoms with Crippen molar-refractivity contribution in [2.24, 2.45) is 0 Å². The lowest BCUT2D eigenvalue weighted by atomic mass is 10.2. The lowest BCUT2D eigenvalue weighted by Crippen LogP contribution is -2.44. The van der Waals surface area contributed by atoms with Crippen molar-refractivity contribution >= 4 is 21.8 Å². The number of amides is 1. The molecule has 0 aromatic heterocycles. The van der Waals surface area contributed by atoms with Crippen LogP contribution in [0.15, 0.2) is 22.7 Å². The number of carbonyl (C=O) groups excluding carboxylic acids is 1. The Kier molecular flexibility index (Phi) is 5.94. The van der Waals surface area contributed by atoms with Gasteiger partial charge in [-0.15, -0.1) is 0 Å². The van der Waals surface area contributed by atoms with E-state index in [0.29, 0.717) is 11.0 Å². The molecule has 0 aliphatic carbocycles. The summed E-state index contributed by atoms with van der Waals surface area (Å²) in [6, 6.07) is 4.37. The van der Waals surface area contributed by atoms with Gasteiger partial charge in [-0.3, -0.25) is 4.79 Å². The van der Waals surface area contributed by atoms with Crippen LogP contribution in [0.4, 0.5) is 4.39 Å². The molecule has 0 unspecified atom stereocenters. The van der Waals surface area contributed by atoms with Crippen molar-refractivity contribution in [2.75, 3.05) is 39.3 Å². The molecule has 1 saturated heterocycles. The van der Waals surface area contributed by atoms with Crippen LogP contribution in [0.1, 0.15) is 16.8 Å². The molecule has 1 aliphatic heterocycles. The highest BCUT2D eigenvalue weighted by molar-refractivity contribution is 9.10. The summed E-state index contributed by atoms with van der Waals surface area (Å²) in [6.07, 6.45) is 0.876. The first-order chi connectivity index (χ1) is 9.66. The van der Waals surface area contributed by atoms with Gasteiger partial charge in [0, 0.05) is 37.2 Å². The second-order valence-corrected chi connectivity index (χ2v) is 5.74. The largest absolute Gasteiger partial charge is 0.352 e. The molecule has 1 aromatic carbocycles. The normalized spacial score (nSPS) is 16.1. The summed E-state index contributed by atoms with van der Waals surface area (Å²) < 4.78 is 14.2. The number of nitrogens with zero attached hydrogens (tertiary/aromatic N) is 1. The van der Waals surface area contributed by atoms with E-state index in [-0.39, 0.29) is 11.5 Å². The predicted octanol–water partition coefficient (Wildman–Crippen LogP) is 1.61. The number of carbonyl (C=O) groups is 1. The molecule has 4 nitrogen and oxygen atoms in total. The van der Waals surface area contributed by atoms with Crippen LogP contribution in [0.5, 0.6) is 0 Å². The molecule has 1 amide bonds. The van der Waals surface area contributed by atoms with Gasteiger partial charge in [0.05, 0.1) is 5.56 Å². The van der Waals surface area contributed by atoms with Gasteiger partial charge >= 0.3 is 0 Å². The molecular weight excluding hydrogens is 325 g/mol. The monoisotopic (exact) mass is 343 g/mol. The summed E-state index contributed by atoms with van der Waals surface area (Å²) in [7, 11) is 0. The molecule has 0 bridgehead atoms. The summed E-state index contributed by atoms with van der Waals surface area (Å²) in [6.45, 7) is 5.67. The van der Waals surface area contributed by atoms with Gasteiger partial charge in [0.2, 0.25) is 0 Å². The summed E-state index contributed by atoms with van der Waals surface area (Å²) in [4.78, 5) is 14.2. The minimum atomic E-state index is -0.493. The van der Waals surface area contributed by atoms with Crippen LogP contribution >= 0.6 is 15.9 Å². The minimum absolute atomic E-state index is 0.0848. The third-order valence-electron chi connectivity index (χ3n) is 3.32. The topological polar surface area (TPSA) is 44.4 Å². The molecule has 1 fully saturated rings. The van der Waals surface area contributed by atoms with Crippen LogP contribution in [0.25, 0.3) is 0 Å². The standard InChI is InChI=1S/C14H19BrFN3O/c15-11-2-3-13(16)12(10-11)14(20)18-4-1-7-19-8-5-17-6-9-19/h2-3,10,17H,1,4-9H2,(H,18,20).